The summed E-state index contributed by atoms with van der Waals surface area (Å²) in [5, 5.41) is 4.37. The molecule has 0 saturated heterocycles. The lowest BCUT2D eigenvalue weighted by Gasteiger charge is -2.04. The Hall–Kier alpha value is -0.770. The highest BCUT2D eigenvalue weighted by atomic mass is 35.5. The van der Waals surface area contributed by atoms with Crippen molar-refractivity contribution in [2.75, 3.05) is 0 Å². The minimum atomic E-state index is 0.431. The number of halogens is 2. The van der Waals surface area contributed by atoms with E-state index in [1.165, 1.54) is 0 Å². The van der Waals surface area contributed by atoms with Gasteiger partial charge >= 0.3 is 0 Å². The quantitative estimate of drug-likeness (QED) is 0.886. The molecule has 0 aliphatic carbocycles. The smallest absolute Gasteiger partial charge is 0.121 e. The number of aromatic nitrogens is 2. The van der Waals surface area contributed by atoms with Crippen LogP contribution < -0.4 is 5.32 Å². The molecule has 1 aromatic heterocycles. The maximum atomic E-state index is 5.93. The van der Waals surface area contributed by atoms with Gasteiger partial charge in [-0.1, -0.05) is 37.0 Å². The second kappa shape index (κ2) is 4.62. The second-order valence-corrected chi connectivity index (χ2v) is 4.82. The molecule has 0 unspecified atom stereocenters. The van der Waals surface area contributed by atoms with E-state index in [0.29, 0.717) is 22.6 Å². The largest absolute Gasteiger partial charge is 0.341 e. The fourth-order valence-corrected chi connectivity index (χ4v) is 1.76. The van der Waals surface area contributed by atoms with Gasteiger partial charge in [-0.15, -0.1) is 0 Å². The van der Waals surface area contributed by atoms with Crippen LogP contribution in [0.4, 0.5) is 0 Å². The molecule has 0 radical (unpaired) electrons. The molecule has 0 spiro atoms. The normalized spacial score (nSPS) is 11.6. The predicted octanol–water partition coefficient (Wildman–Crippen LogP) is 3.37. The van der Waals surface area contributed by atoms with Gasteiger partial charge in [0.15, 0.2) is 0 Å². The van der Waals surface area contributed by atoms with Crippen LogP contribution >= 0.6 is 23.2 Å². The maximum Gasteiger partial charge on any atom is 0.121 e. The monoisotopic (exact) mass is 257 g/mol. The summed E-state index contributed by atoms with van der Waals surface area (Å²) in [5.41, 5.74) is 1.75. The van der Waals surface area contributed by atoms with Crippen LogP contribution in [0.3, 0.4) is 0 Å². The zero-order chi connectivity index (χ0) is 11.7. The van der Waals surface area contributed by atoms with E-state index in [1.54, 1.807) is 12.1 Å². The molecular formula is C11H13Cl2N3. The number of imidazole rings is 1. The number of hydrogen-bond donors (Lipinski definition) is 2. The molecule has 2 N–H and O–H groups in total. The summed E-state index contributed by atoms with van der Waals surface area (Å²) in [4.78, 5) is 7.63. The molecule has 3 nitrogen and oxygen atoms in total. The lowest BCUT2D eigenvalue weighted by molar-refractivity contribution is 0.576. The average molecular weight is 258 g/mol. The van der Waals surface area contributed by atoms with E-state index in [9.17, 15) is 0 Å². The molecule has 0 fully saturated rings. The van der Waals surface area contributed by atoms with E-state index >= 15 is 0 Å². The van der Waals surface area contributed by atoms with Crippen LogP contribution in [0.2, 0.25) is 10.0 Å². The molecule has 86 valence electrons. The first-order valence-corrected chi connectivity index (χ1v) is 5.89. The molecule has 0 aliphatic rings. The minimum Gasteiger partial charge on any atom is -0.341 e. The minimum absolute atomic E-state index is 0.431. The summed E-state index contributed by atoms with van der Waals surface area (Å²) in [6, 6.07) is 4.00. The van der Waals surface area contributed by atoms with Crippen molar-refractivity contribution >= 4 is 34.2 Å². The number of nitrogens with one attached hydrogen (secondary N) is 2. The van der Waals surface area contributed by atoms with Crippen molar-refractivity contribution < 1.29 is 0 Å². The Balaban J connectivity index is 2.29. The second-order valence-electron chi connectivity index (χ2n) is 4.00. The van der Waals surface area contributed by atoms with Gasteiger partial charge in [0, 0.05) is 6.04 Å². The van der Waals surface area contributed by atoms with Crippen LogP contribution in [-0.4, -0.2) is 16.0 Å². The molecule has 0 amide bonds. The van der Waals surface area contributed by atoms with Gasteiger partial charge in [0.2, 0.25) is 0 Å². The van der Waals surface area contributed by atoms with Crippen molar-refractivity contribution in [2.45, 2.75) is 26.4 Å². The van der Waals surface area contributed by atoms with Crippen molar-refractivity contribution in [2.24, 2.45) is 0 Å². The Bertz CT molecular complexity index is 466. The third-order valence-electron chi connectivity index (χ3n) is 2.25. The molecule has 0 atom stereocenters. The predicted molar refractivity (Wildman–Crippen MR) is 68.1 cm³/mol. The number of benzene rings is 1. The highest BCUT2D eigenvalue weighted by molar-refractivity contribution is 6.42. The standard InChI is InChI=1S/C11H13Cl2N3/c1-6(2)14-5-11-15-9-3-7(12)8(13)4-10(9)16-11/h3-4,6,14H,5H2,1-2H3,(H,15,16). The number of nitrogens with zero attached hydrogens (tertiary/aromatic N) is 1. The van der Waals surface area contributed by atoms with Gasteiger partial charge in [0.1, 0.15) is 5.82 Å². The molecule has 0 aliphatic heterocycles. The third-order valence-corrected chi connectivity index (χ3v) is 2.97. The van der Waals surface area contributed by atoms with Crippen LogP contribution in [0.1, 0.15) is 19.7 Å². The van der Waals surface area contributed by atoms with Gasteiger partial charge in [-0.05, 0) is 12.1 Å². The number of fused-ring (bicyclic) bond motifs is 1. The summed E-state index contributed by atoms with van der Waals surface area (Å²) in [7, 11) is 0. The van der Waals surface area contributed by atoms with Gasteiger partial charge in [0.05, 0.1) is 27.6 Å². The van der Waals surface area contributed by atoms with E-state index in [1.807, 2.05) is 0 Å². The van der Waals surface area contributed by atoms with E-state index in [4.69, 9.17) is 23.2 Å². The SMILES string of the molecule is CC(C)NCc1nc2cc(Cl)c(Cl)cc2[nH]1. The van der Waals surface area contributed by atoms with E-state index in [2.05, 4.69) is 29.1 Å². The van der Waals surface area contributed by atoms with Crippen molar-refractivity contribution in [1.82, 2.24) is 15.3 Å². The first kappa shape index (κ1) is 11.7. The Kier molecular flexibility index (Phi) is 3.38. The van der Waals surface area contributed by atoms with Crippen LogP contribution in [0.15, 0.2) is 12.1 Å². The van der Waals surface area contributed by atoms with Gasteiger partial charge in [-0.3, -0.25) is 0 Å². The summed E-state index contributed by atoms with van der Waals surface area (Å²) in [5.74, 6) is 0.891. The van der Waals surface area contributed by atoms with Crippen LogP contribution in [0, 0.1) is 0 Å². The van der Waals surface area contributed by atoms with Crippen LogP contribution in [0.25, 0.3) is 11.0 Å². The first-order valence-electron chi connectivity index (χ1n) is 5.13. The fraction of sp³-hybridized carbons (Fsp3) is 0.364. The molecular weight excluding hydrogens is 245 g/mol. The lowest BCUT2D eigenvalue weighted by Crippen LogP contribution is -2.22. The lowest BCUT2D eigenvalue weighted by atomic mass is 10.3. The highest BCUT2D eigenvalue weighted by Gasteiger charge is 2.06. The average Bonchev–Trinajstić information content (AvgIpc) is 2.58. The fourth-order valence-electron chi connectivity index (χ4n) is 1.44. The maximum absolute atomic E-state index is 5.93. The van der Waals surface area contributed by atoms with Crippen LogP contribution in [-0.2, 0) is 6.54 Å². The summed E-state index contributed by atoms with van der Waals surface area (Å²) >= 11 is 11.9. The first-order chi connectivity index (χ1) is 7.56. The summed E-state index contributed by atoms with van der Waals surface area (Å²) < 4.78 is 0. The molecule has 0 saturated carbocycles. The van der Waals surface area contributed by atoms with E-state index in [-0.39, 0.29) is 0 Å². The summed E-state index contributed by atoms with van der Waals surface area (Å²) in [6.45, 7) is 4.90. The molecule has 16 heavy (non-hydrogen) atoms. The van der Waals surface area contributed by atoms with Crippen molar-refractivity contribution in [3.63, 3.8) is 0 Å². The van der Waals surface area contributed by atoms with Gasteiger partial charge in [-0.2, -0.15) is 0 Å². The number of H-pyrrole nitrogens is 1. The Labute approximate surface area is 104 Å². The molecule has 1 heterocycles. The van der Waals surface area contributed by atoms with E-state index < -0.39 is 0 Å². The Morgan fingerprint density at radius 1 is 1.31 bits per heavy atom. The zero-order valence-electron chi connectivity index (χ0n) is 9.14. The number of rotatable bonds is 3. The Morgan fingerprint density at radius 2 is 2.00 bits per heavy atom. The van der Waals surface area contributed by atoms with Crippen LogP contribution in [0.5, 0.6) is 0 Å². The molecule has 2 rings (SSSR count). The number of hydrogen-bond acceptors (Lipinski definition) is 2. The molecule has 5 heteroatoms. The Morgan fingerprint density at radius 3 is 2.69 bits per heavy atom. The summed E-state index contributed by atoms with van der Waals surface area (Å²) in [6.07, 6.45) is 0. The molecule has 1 aromatic carbocycles. The van der Waals surface area contributed by atoms with Crippen molar-refractivity contribution in [3.8, 4) is 0 Å². The molecule has 0 bridgehead atoms. The van der Waals surface area contributed by atoms with E-state index in [0.717, 1.165) is 16.9 Å². The van der Waals surface area contributed by atoms with Gasteiger partial charge in [0.25, 0.3) is 0 Å². The topological polar surface area (TPSA) is 40.7 Å². The third kappa shape index (κ3) is 2.48. The zero-order valence-corrected chi connectivity index (χ0v) is 10.7. The van der Waals surface area contributed by atoms with Gasteiger partial charge in [-0.25, -0.2) is 4.98 Å². The molecule has 2 aromatic rings. The highest BCUT2D eigenvalue weighted by Crippen LogP contribution is 2.26. The van der Waals surface area contributed by atoms with Gasteiger partial charge < -0.3 is 10.3 Å². The van der Waals surface area contributed by atoms with Crippen molar-refractivity contribution in [3.05, 3.63) is 28.0 Å². The number of aromatic amines is 1. The van der Waals surface area contributed by atoms with Crippen molar-refractivity contribution in [1.29, 1.82) is 0 Å².